The summed E-state index contributed by atoms with van der Waals surface area (Å²) in [6.07, 6.45) is 2.27. The lowest BCUT2D eigenvalue weighted by molar-refractivity contribution is -0.152. The van der Waals surface area contributed by atoms with Crippen LogP contribution in [0.1, 0.15) is 40.9 Å². The third-order valence-electron chi connectivity index (χ3n) is 6.94. The lowest BCUT2D eigenvalue weighted by atomic mass is 9.77. The van der Waals surface area contributed by atoms with Gasteiger partial charge in [0.1, 0.15) is 5.54 Å². The minimum Gasteiger partial charge on any atom is -0.468 e. The summed E-state index contributed by atoms with van der Waals surface area (Å²) in [5.41, 5.74) is 1.23. The molecule has 7 nitrogen and oxygen atoms in total. The predicted molar refractivity (Wildman–Crippen MR) is 131 cm³/mol. The van der Waals surface area contributed by atoms with Crippen LogP contribution in [0.15, 0.2) is 48.5 Å². The van der Waals surface area contributed by atoms with Gasteiger partial charge in [0, 0.05) is 11.6 Å². The fraction of sp³-hybridized carbons (Fsp3) is 0.385. The van der Waals surface area contributed by atoms with Crippen molar-refractivity contribution in [2.24, 2.45) is 11.8 Å². The van der Waals surface area contributed by atoms with Crippen molar-refractivity contribution in [3.63, 3.8) is 0 Å². The molecule has 2 fully saturated rings. The molecule has 0 bridgehead atoms. The zero-order chi connectivity index (χ0) is 24.6. The molecule has 0 unspecified atom stereocenters. The van der Waals surface area contributed by atoms with Gasteiger partial charge < -0.3 is 4.74 Å². The van der Waals surface area contributed by atoms with Gasteiger partial charge in [-0.3, -0.25) is 24.5 Å². The van der Waals surface area contributed by atoms with E-state index in [1.165, 1.54) is 14.0 Å². The first kappa shape index (κ1) is 24.2. The summed E-state index contributed by atoms with van der Waals surface area (Å²) in [7, 11) is 1.30. The van der Waals surface area contributed by atoms with Gasteiger partial charge in [-0.15, -0.1) is 0 Å². The molecule has 2 aliphatic rings. The molecule has 2 amide bonds. The highest BCUT2D eigenvalue weighted by Crippen LogP contribution is 2.52. The highest BCUT2D eigenvalue weighted by Gasteiger charge is 2.68. The van der Waals surface area contributed by atoms with E-state index in [0.717, 1.165) is 16.0 Å². The van der Waals surface area contributed by atoms with E-state index < -0.39 is 35.3 Å². The number of methoxy groups -OCH3 is 1. The van der Waals surface area contributed by atoms with Gasteiger partial charge in [0.15, 0.2) is 5.78 Å². The zero-order valence-electron chi connectivity index (χ0n) is 19.7. The SMILES string of the molecule is COC(=O)[C@]1(CCSC)N[C@H](c2ccccc2C)[C@@H]2C(=O)N(c3cccc(C(C)=O)c3)C(=O)[C@@H]21. The molecule has 2 aromatic carbocycles. The number of hydrogen-bond acceptors (Lipinski definition) is 7. The van der Waals surface area contributed by atoms with Crippen LogP contribution in [0.4, 0.5) is 5.69 Å². The highest BCUT2D eigenvalue weighted by molar-refractivity contribution is 7.98. The average Bonchev–Trinajstić information content (AvgIpc) is 3.31. The Bertz CT molecular complexity index is 1170. The van der Waals surface area contributed by atoms with Crippen LogP contribution in [-0.4, -0.2) is 48.2 Å². The number of ketones is 1. The third kappa shape index (κ3) is 3.75. The van der Waals surface area contributed by atoms with Crippen LogP contribution >= 0.6 is 11.8 Å². The van der Waals surface area contributed by atoms with E-state index >= 15 is 0 Å². The molecule has 2 aromatic rings. The normalized spacial score (nSPS) is 26.0. The molecule has 0 aromatic heterocycles. The number of carbonyl (C=O) groups is 4. The number of imide groups is 1. The number of anilines is 1. The van der Waals surface area contributed by atoms with Crippen LogP contribution in [0.5, 0.6) is 0 Å². The van der Waals surface area contributed by atoms with Gasteiger partial charge in [-0.25, -0.2) is 4.90 Å². The summed E-state index contributed by atoms with van der Waals surface area (Å²) in [5.74, 6) is -2.65. The fourth-order valence-electron chi connectivity index (χ4n) is 5.29. The monoisotopic (exact) mass is 480 g/mol. The van der Waals surface area contributed by atoms with Gasteiger partial charge in [0.2, 0.25) is 11.8 Å². The van der Waals surface area contributed by atoms with Crippen LogP contribution < -0.4 is 10.2 Å². The Morgan fingerprint density at radius 1 is 1.12 bits per heavy atom. The summed E-state index contributed by atoms with van der Waals surface area (Å²) < 4.78 is 5.19. The molecule has 8 heteroatoms. The number of fused-ring (bicyclic) bond motifs is 1. The maximum absolute atomic E-state index is 13.9. The van der Waals surface area contributed by atoms with Crippen molar-refractivity contribution in [1.82, 2.24) is 5.32 Å². The van der Waals surface area contributed by atoms with Gasteiger partial charge in [0.05, 0.1) is 24.6 Å². The number of amides is 2. The van der Waals surface area contributed by atoms with E-state index in [0.29, 0.717) is 23.4 Å². The first-order chi connectivity index (χ1) is 16.3. The quantitative estimate of drug-likeness (QED) is 0.369. The van der Waals surface area contributed by atoms with Crippen molar-refractivity contribution < 1.29 is 23.9 Å². The fourth-order valence-corrected chi connectivity index (χ4v) is 5.81. The summed E-state index contributed by atoms with van der Waals surface area (Å²) >= 11 is 1.56. The van der Waals surface area contributed by atoms with Crippen molar-refractivity contribution in [2.45, 2.75) is 31.8 Å². The second kappa shape index (κ2) is 9.35. The lowest BCUT2D eigenvalue weighted by Crippen LogP contribution is -2.56. The molecule has 0 saturated carbocycles. The van der Waals surface area contributed by atoms with Crippen molar-refractivity contribution >= 4 is 41.0 Å². The molecule has 34 heavy (non-hydrogen) atoms. The van der Waals surface area contributed by atoms with Crippen LogP contribution in [0, 0.1) is 18.8 Å². The molecule has 1 N–H and O–H groups in total. The Labute approximate surface area is 203 Å². The maximum Gasteiger partial charge on any atom is 0.326 e. The van der Waals surface area contributed by atoms with Crippen LogP contribution in [0.25, 0.3) is 0 Å². The number of hydrogen-bond donors (Lipinski definition) is 1. The Kier molecular flexibility index (Phi) is 6.64. The Morgan fingerprint density at radius 3 is 2.50 bits per heavy atom. The number of thioether (sulfide) groups is 1. The minimum atomic E-state index is -1.34. The second-order valence-electron chi connectivity index (χ2n) is 8.81. The molecule has 0 radical (unpaired) electrons. The molecule has 2 saturated heterocycles. The van der Waals surface area contributed by atoms with Gasteiger partial charge >= 0.3 is 5.97 Å². The Morgan fingerprint density at radius 2 is 1.85 bits per heavy atom. The molecule has 4 atom stereocenters. The highest BCUT2D eigenvalue weighted by atomic mass is 32.2. The number of Topliss-reactive ketones (excluding diaryl/α,β-unsaturated/α-hetero) is 1. The number of benzene rings is 2. The summed E-state index contributed by atoms with van der Waals surface area (Å²) in [6, 6.07) is 13.6. The minimum absolute atomic E-state index is 0.163. The number of nitrogens with one attached hydrogen (secondary N) is 1. The summed E-state index contributed by atoms with van der Waals surface area (Å²) in [5, 5.41) is 3.40. The number of carbonyl (C=O) groups excluding carboxylic acids is 4. The van der Waals surface area contributed by atoms with Crippen molar-refractivity contribution in [1.29, 1.82) is 0 Å². The molecule has 2 aliphatic heterocycles. The smallest absolute Gasteiger partial charge is 0.326 e. The first-order valence-corrected chi connectivity index (χ1v) is 12.6. The maximum atomic E-state index is 13.9. The van der Waals surface area contributed by atoms with Crippen molar-refractivity contribution in [2.75, 3.05) is 24.0 Å². The van der Waals surface area contributed by atoms with Crippen molar-refractivity contribution in [3.05, 3.63) is 65.2 Å². The topological polar surface area (TPSA) is 92.8 Å². The summed E-state index contributed by atoms with van der Waals surface area (Å²) in [4.78, 5) is 54.1. The van der Waals surface area contributed by atoms with Gasteiger partial charge in [-0.05, 0) is 55.5 Å². The predicted octanol–water partition coefficient (Wildman–Crippen LogP) is 3.31. The van der Waals surface area contributed by atoms with E-state index in [2.05, 4.69) is 5.32 Å². The second-order valence-corrected chi connectivity index (χ2v) is 9.79. The molecule has 4 rings (SSSR count). The van der Waals surface area contributed by atoms with Crippen molar-refractivity contribution in [3.8, 4) is 0 Å². The van der Waals surface area contributed by atoms with Gasteiger partial charge in [0.25, 0.3) is 0 Å². The molecular weight excluding hydrogens is 452 g/mol. The van der Waals surface area contributed by atoms with Crippen LogP contribution in [0.3, 0.4) is 0 Å². The van der Waals surface area contributed by atoms with E-state index in [9.17, 15) is 19.2 Å². The number of esters is 1. The number of ether oxygens (including phenoxy) is 1. The van der Waals surface area contributed by atoms with E-state index in [-0.39, 0.29) is 11.7 Å². The molecule has 0 aliphatic carbocycles. The zero-order valence-corrected chi connectivity index (χ0v) is 20.5. The molecular formula is C26H28N2O5S. The Hall–Kier alpha value is -2.97. The summed E-state index contributed by atoms with van der Waals surface area (Å²) in [6.45, 7) is 3.38. The number of nitrogens with zero attached hydrogens (tertiary/aromatic N) is 1. The van der Waals surface area contributed by atoms with E-state index in [1.54, 1.807) is 36.0 Å². The standard InChI is InChI=1S/C26H28N2O5S/c1-15-8-5-6-11-19(15)22-20-21(26(27-22,12-13-34-4)25(32)33-3)24(31)28(23(20)30)18-10-7-9-17(14-18)16(2)29/h5-11,14,20-22,27H,12-13H2,1-4H3/t20-,21-,22-,26-/m1/s1. The van der Waals surface area contributed by atoms with Gasteiger partial charge in [-0.2, -0.15) is 11.8 Å². The van der Waals surface area contributed by atoms with E-state index in [4.69, 9.17) is 4.74 Å². The van der Waals surface area contributed by atoms with Crippen LogP contribution in [0.2, 0.25) is 0 Å². The first-order valence-electron chi connectivity index (χ1n) is 11.2. The third-order valence-corrected chi connectivity index (χ3v) is 7.55. The molecule has 0 spiro atoms. The largest absolute Gasteiger partial charge is 0.468 e. The molecule has 178 valence electrons. The molecule has 2 heterocycles. The van der Waals surface area contributed by atoms with Gasteiger partial charge in [-0.1, -0.05) is 36.4 Å². The number of rotatable bonds is 7. The lowest BCUT2D eigenvalue weighted by Gasteiger charge is -2.32. The average molecular weight is 481 g/mol. The van der Waals surface area contributed by atoms with E-state index in [1.807, 2.05) is 37.4 Å². The van der Waals surface area contributed by atoms with Crippen LogP contribution in [-0.2, 0) is 19.1 Å². The Balaban J connectivity index is 1.88. The number of aryl methyl sites for hydroxylation is 1.